The zero-order valence-corrected chi connectivity index (χ0v) is 10.1. The number of pyridine rings is 1. The number of nitrogens with zero attached hydrogens (tertiary/aromatic N) is 3. The molecule has 0 saturated heterocycles. The van der Waals surface area contributed by atoms with E-state index in [0.29, 0.717) is 18.3 Å². The molecular weight excluding hydrogens is 216 g/mol. The highest BCUT2D eigenvalue weighted by molar-refractivity contribution is 5.47. The Balaban J connectivity index is 2.07. The Bertz CT molecular complexity index is 481. The molecule has 5 heteroatoms. The van der Waals surface area contributed by atoms with Crippen LogP contribution < -0.4 is 5.32 Å². The smallest absolute Gasteiger partial charge is 0.240 e. The Morgan fingerprint density at radius 3 is 2.94 bits per heavy atom. The van der Waals surface area contributed by atoms with Crippen molar-refractivity contribution in [2.45, 2.75) is 26.8 Å². The van der Waals surface area contributed by atoms with Gasteiger partial charge in [0.2, 0.25) is 11.7 Å². The normalized spacial score (nSPS) is 10.7. The lowest BCUT2D eigenvalue weighted by Crippen LogP contribution is -2.13. The van der Waals surface area contributed by atoms with Gasteiger partial charge in [0.15, 0.2) is 0 Å². The number of nitrogens with one attached hydrogen (secondary N) is 1. The fourth-order valence-corrected chi connectivity index (χ4v) is 1.47. The van der Waals surface area contributed by atoms with Crippen LogP contribution in [0, 0.1) is 6.92 Å². The maximum Gasteiger partial charge on any atom is 0.240 e. The minimum Gasteiger partial charge on any atom is -0.337 e. The van der Waals surface area contributed by atoms with Crippen LogP contribution in [0.15, 0.2) is 22.7 Å². The summed E-state index contributed by atoms with van der Waals surface area (Å²) in [7, 11) is 0. The van der Waals surface area contributed by atoms with Crippen LogP contribution in [-0.4, -0.2) is 21.7 Å². The van der Waals surface area contributed by atoms with Crippen molar-refractivity contribution in [2.24, 2.45) is 0 Å². The summed E-state index contributed by atoms with van der Waals surface area (Å²) in [6.45, 7) is 5.60. The van der Waals surface area contributed by atoms with E-state index in [9.17, 15) is 0 Å². The molecule has 0 aromatic carbocycles. The molecule has 0 saturated carbocycles. The predicted octanol–water partition coefficient (Wildman–Crippen LogP) is 1.94. The van der Waals surface area contributed by atoms with Gasteiger partial charge in [0, 0.05) is 5.69 Å². The van der Waals surface area contributed by atoms with E-state index >= 15 is 0 Å². The molecule has 90 valence electrons. The van der Waals surface area contributed by atoms with Gasteiger partial charge in [0.1, 0.15) is 5.69 Å². The van der Waals surface area contributed by atoms with Crippen LogP contribution in [0.4, 0.5) is 0 Å². The minimum atomic E-state index is 0.544. The van der Waals surface area contributed by atoms with E-state index < -0.39 is 0 Å². The van der Waals surface area contributed by atoms with Crippen molar-refractivity contribution >= 4 is 0 Å². The molecule has 0 aliphatic heterocycles. The van der Waals surface area contributed by atoms with Crippen molar-refractivity contribution in [3.8, 4) is 11.5 Å². The Labute approximate surface area is 100 Å². The fraction of sp³-hybridized carbons (Fsp3) is 0.417. The first kappa shape index (κ1) is 11.7. The highest BCUT2D eigenvalue weighted by Crippen LogP contribution is 2.13. The molecule has 1 N–H and O–H groups in total. The lowest BCUT2D eigenvalue weighted by atomic mass is 10.3. The van der Waals surface area contributed by atoms with Crippen LogP contribution in [0.5, 0.6) is 0 Å². The Morgan fingerprint density at radius 2 is 2.18 bits per heavy atom. The number of aromatic nitrogens is 3. The third kappa shape index (κ3) is 3.10. The zero-order chi connectivity index (χ0) is 12.1. The minimum absolute atomic E-state index is 0.544. The van der Waals surface area contributed by atoms with Gasteiger partial charge in [-0.1, -0.05) is 18.1 Å². The van der Waals surface area contributed by atoms with Crippen LogP contribution in [0.3, 0.4) is 0 Å². The lowest BCUT2D eigenvalue weighted by Gasteiger charge is -1.96. The monoisotopic (exact) mass is 232 g/mol. The van der Waals surface area contributed by atoms with Crippen LogP contribution in [0.1, 0.15) is 24.9 Å². The van der Waals surface area contributed by atoms with Crippen molar-refractivity contribution in [1.82, 2.24) is 20.4 Å². The maximum absolute atomic E-state index is 5.14. The van der Waals surface area contributed by atoms with Crippen LogP contribution >= 0.6 is 0 Å². The number of aryl methyl sites for hydroxylation is 1. The summed E-state index contributed by atoms with van der Waals surface area (Å²) in [4.78, 5) is 8.64. The molecule has 5 nitrogen and oxygen atoms in total. The Kier molecular flexibility index (Phi) is 3.82. The van der Waals surface area contributed by atoms with E-state index in [4.69, 9.17) is 4.52 Å². The van der Waals surface area contributed by atoms with E-state index in [1.54, 1.807) is 0 Å². The number of hydrogen-bond donors (Lipinski definition) is 1. The average Bonchev–Trinajstić information content (AvgIpc) is 2.78. The summed E-state index contributed by atoms with van der Waals surface area (Å²) in [5, 5.41) is 7.13. The van der Waals surface area contributed by atoms with Gasteiger partial charge in [-0.2, -0.15) is 4.98 Å². The molecule has 0 spiro atoms. The van der Waals surface area contributed by atoms with Gasteiger partial charge in [-0.15, -0.1) is 0 Å². The summed E-state index contributed by atoms with van der Waals surface area (Å²) in [6, 6.07) is 5.75. The standard InChI is InChI=1S/C12H16N4O/c1-3-7-13-8-11-15-12(16-17-11)10-6-4-5-9(2)14-10/h4-6,13H,3,7-8H2,1-2H3. The van der Waals surface area contributed by atoms with Crippen LogP contribution in [0.2, 0.25) is 0 Å². The predicted molar refractivity (Wildman–Crippen MR) is 64.3 cm³/mol. The zero-order valence-electron chi connectivity index (χ0n) is 10.1. The molecule has 0 bridgehead atoms. The van der Waals surface area contributed by atoms with E-state index in [1.165, 1.54) is 0 Å². The summed E-state index contributed by atoms with van der Waals surface area (Å²) in [5.41, 5.74) is 1.69. The first-order valence-electron chi connectivity index (χ1n) is 5.77. The highest BCUT2D eigenvalue weighted by atomic mass is 16.5. The topological polar surface area (TPSA) is 63.8 Å². The SMILES string of the molecule is CCCNCc1nc(-c2cccc(C)n2)no1. The number of rotatable bonds is 5. The molecule has 0 aliphatic rings. The van der Waals surface area contributed by atoms with Crippen molar-refractivity contribution in [2.75, 3.05) is 6.54 Å². The molecule has 0 amide bonds. The maximum atomic E-state index is 5.14. The molecule has 0 atom stereocenters. The van der Waals surface area contributed by atoms with Crippen LogP contribution in [0.25, 0.3) is 11.5 Å². The summed E-state index contributed by atoms with van der Waals surface area (Å²) in [6.07, 6.45) is 1.08. The Hall–Kier alpha value is -1.75. The van der Waals surface area contributed by atoms with Gasteiger partial charge in [0.05, 0.1) is 6.54 Å². The lowest BCUT2D eigenvalue weighted by molar-refractivity contribution is 0.368. The van der Waals surface area contributed by atoms with Crippen molar-refractivity contribution in [3.63, 3.8) is 0 Å². The molecule has 2 heterocycles. The van der Waals surface area contributed by atoms with Crippen LogP contribution in [-0.2, 0) is 6.54 Å². The average molecular weight is 232 g/mol. The third-order valence-corrected chi connectivity index (χ3v) is 2.29. The molecule has 0 aliphatic carbocycles. The van der Waals surface area contributed by atoms with Gasteiger partial charge in [-0.3, -0.25) is 0 Å². The second kappa shape index (κ2) is 5.54. The van der Waals surface area contributed by atoms with Gasteiger partial charge in [-0.05, 0) is 32.0 Å². The molecule has 0 unspecified atom stereocenters. The molecular formula is C12H16N4O. The highest BCUT2D eigenvalue weighted by Gasteiger charge is 2.09. The molecule has 2 aromatic rings. The van der Waals surface area contributed by atoms with E-state index in [1.807, 2.05) is 25.1 Å². The van der Waals surface area contributed by atoms with E-state index in [2.05, 4.69) is 27.4 Å². The summed E-state index contributed by atoms with van der Waals surface area (Å²) >= 11 is 0. The molecule has 2 aromatic heterocycles. The van der Waals surface area contributed by atoms with Crippen molar-refractivity contribution in [1.29, 1.82) is 0 Å². The molecule has 2 rings (SSSR count). The summed E-state index contributed by atoms with van der Waals surface area (Å²) < 4.78 is 5.14. The van der Waals surface area contributed by atoms with Crippen molar-refractivity contribution in [3.05, 3.63) is 29.8 Å². The summed E-state index contributed by atoms with van der Waals surface area (Å²) in [5.74, 6) is 1.14. The molecule has 0 radical (unpaired) electrons. The van der Waals surface area contributed by atoms with E-state index in [-0.39, 0.29) is 0 Å². The largest absolute Gasteiger partial charge is 0.337 e. The second-order valence-electron chi connectivity index (χ2n) is 3.85. The van der Waals surface area contributed by atoms with Gasteiger partial charge < -0.3 is 9.84 Å². The first-order valence-corrected chi connectivity index (χ1v) is 5.77. The second-order valence-corrected chi connectivity index (χ2v) is 3.85. The quantitative estimate of drug-likeness (QED) is 0.798. The third-order valence-electron chi connectivity index (χ3n) is 2.29. The van der Waals surface area contributed by atoms with Gasteiger partial charge in [0.25, 0.3) is 0 Å². The molecule has 0 fully saturated rings. The molecule has 17 heavy (non-hydrogen) atoms. The van der Waals surface area contributed by atoms with E-state index in [0.717, 1.165) is 24.4 Å². The van der Waals surface area contributed by atoms with Crippen molar-refractivity contribution < 1.29 is 4.52 Å². The Morgan fingerprint density at radius 1 is 1.29 bits per heavy atom. The van der Waals surface area contributed by atoms with Gasteiger partial charge in [-0.25, -0.2) is 4.98 Å². The fourth-order valence-electron chi connectivity index (χ4n) is 1.47. The first-order chi connectivity index (χ1) is 8.29. The van der Waals surface area contributed by atoms with Gasteiger partial charge >= 0.3 is 0 Å². The number of hydrogen-bond acceptors (Lipinski definition) is 5.